The van der Waals surface area contributed by atoms with Crippen LogP contribution in [0.5, 0.6) is 0 Å². The van der Waals surface area contributed by atoms with E-state index < -0.39 is 48.3 Å². The van der Waals surface area contributed by atoms with Gasteiger partial charge in [0.25, 0.3) is 0 Å². The lowest BCUT2D eigenvalue weighted by Crippen LogP contribution is -2.07. The Kier molecular flexibility index (Phi) is 5.39. The van der Waals surface area contributed by atoms with Gasteiger partial charge in [0, 0.05) is 38.4 Å². The second-order valence-corrected chi connectivity index (χ2v) is 11.7. The maximum Gasteiger partial charge on any atom is 0.163 e. The molecule has 0 bridgehead atoms. The lowest BCUT2D eigenvalue weighted by molar-refractivity contribution is 1.18. The zero-order chi connectivity index (χ0) is 40.4. The predicted octanol–water partition coefficient (Wildman–Crippen LogP) is 10.9. The predicted molar refractivity (Wildman–Crippen MR) is 209 cm³/mol. The molecule has 0 spiro atoms. The van der Waals surface area contributed by atoms with E-state index in [1.165, 1.54) is 4.57 Å². The van der Waals surface area contributed by atoms with Crippen molar-refractivity contribution in [3.63, 3.8) is 0 Å². The first-order valence-corrected chi connectivity index (χ1v) is 16.0. The molecule has 0 aliphatic carbocycles. The maximum absolute atomic E-state index is 9.49. The summed E-state index contributed by atoms with van der Waals surface area (Å²) in [5.74, 6) is 0.0982. The number of rotatable bonds is 5. The van der Waals surface area contributed by atoms with Gasteiger partial charge in [-0.15, -0.1) is 0 Å². The Bertz CT molecular complexity index is 3090. The molecule has 0 amide bonds. The molecule has 9 aromatic rings. The van der Waals surface area contributed by atoms with Crippen molar-refractivity contribution < 1.29 is 11.0 Å². The molecule has 2 heterocycles. The third-order valence-corrected chi connectivity index (χ3v) is 8.75. The van der Waals surface area contributed by atoms with Crippen molar-refractivity contribution in [1.82, 2.24) is 9.13 Å². The van der Waals surface area contributed by atoms with Crippen LogP contribution >= 0.6 is 0 Å². The normalized spacial score (nSPS) is 14.4. The highest BCUT2D eigenvalue weighted by atomic mass is 15.1. The SMILES string of the molecule is [2H]c1c([2H])c([2H])c2c(c1[2H])c1c([2H])c([2H])c([2H])c([2H])c1n2-c1cc(C(=N)N=C(N=Cn2c3ccccc3c3ccccc32)c2ccccc2)cc(-c2ccccc2)c1. The van der Waals surface area contributed by atoms with Gasteiger partial charge in [-0.2, -0.15) is 0 Å². The zero-order valence-corrected chi connectivity index (χ0v) is 26.5. The average molecular weight is 650 g/mol. The number of benzene rings is 7. The highest BCUT2D eigenvalue weighted by Crippen LogP contribution is 2.34. The van der Waals surface area contributed by atoms with Crippen molar-refractivity contribution in [2.75, 3.05) is 0 Å². The molecule has 0 atom stereocenters. The van der Waals surface area contributed by atoms with Gasteiger partial charge in [0.05, 0.1) is 33.0 Å². The molecule has 0 saturated carbocycles. The van der Waals surface area contributed by atoms with Crippen LogP contribution in [0.15, 0.2) is 186 Å². The van der Waals surface area contributed by atoms with Crippen LogP contribution in [-0.4, -0.2) is 27.1 Å². The topological polar surface area (TPSA) is 58.4 Å². The van der Waals surface area contributed by atoms with E-state index in [1.54, 1.807) is 24.5 Å². The number of fused-ring (bicyclic) bond motifs is 6. The first-order chi connectivity index (χ1) is 28.0. The molecular weight excluding hydrogens is 611 g/mol. The summed E-state index contributed by atoms with van der Waals surface area (Å²) in [5.41, 5.74) is 4.60. The summed E-state index contributed by atoms with van der Waals surface area (Å²) in [6.07, 6.45) is 1.70. The van der Waals surface area contributed by atoms with E-state index in [0.29, 0.717) is 22.4 Å². The molecule has 0 saturated heterocycles. The van der Waals surface area contributed by atoms with E-state index in [2.05, 4.69) is 12.1 Å². The highest BCUT2D eigenvalue weighted by Gasteiger charge is 2.16. The summed E-state index contributed by atoms with van der Waals surface area (Å²) in [4.78, 5) is 9.70. The van der Waals surface area contributed by atoms with Crippen LogP contribution in [0.3, 0.4) is 0 Å². The summed E-state index contributed by atoms with van der Waals surface area (Å²) in [5, 5.41) is 11.6. The summed E-state index contributed by atoms with van der Waals surface area (Å²) in [6, 6.07) is 36.3. The largest absolute Gasteiger partial charge is 0.309 e. The number of amidine groups is 2. The summed E-state index contributed by atoms with van der Waals surface area (Å²) in [7, 11) is 0. The van der Waals surface area contributed by atoms with Crippen LogP contribution < -0.4 is 0 Å². The second kappa shape index (κ2) is 12.3. The van der Waals surface area contributed by atoms with E-state index in [0.717, 1.165) is 27.4 Å². The number of aromatic nitrogens is 2. The van der Waals surface area contributed by atoms with Gasteiger partial charge in [-0.1, -0.05) is 133 Å². The van der Waals surface area contributed by atoms with E-state index in [9.17, 15) is 5.41 Å². The highest BCUT2D eigenvalue weighted by molar-refractivity contribution is 6.16. The van der Waals surface area contributed by atoms with Crippen molar-refractivity contribution in [3.05, 3.63) is 187 Å². The number of nitrogens with zero attached hydrogens (tertiary/aromatic N) is 4. The zero-order valence-electron chi connectivity index (χ0n) is 34.5. The van der Waals surface area contributed by atoms with Crippen LogP contribution in [0.4, 0.5) is 0 Å². The summed E-state index contributed by atoms with van der Waals surface area (Å²) < 4.78 is 73.3. The first-order valence-electron chi connectivity index (χ1n) is 20.0. The third kappa shape index (κ3) is 5.09. The minimum atomic E-state index is -0.520. The summed E-state index contributed by atoms with van der Waals surface area (Å²) in [6.45, 7) is 0. The Morgan fingerprint density at radius 1 is 0.540 bits per heavy atom. The molecule has 5 nitrogen and oxygen atoms in total. The molecule has 5 heteroatoms. The fraction of sp³-hybridized carbons (Fsp3) is 0. The number of hydrogen-bond acceptors (Lipinski definition) is 1. The van der Waals surface area contributed by atoms with Gasteiger partial charge in [-0.25, -0.2) is 9.98 Å². The number of nitrogens with one attached hydrogen (secondary N) is 1. The van der Waals surface area contributed by atoms with Crippen LogP contribution in [0, 0.1) is 5.41 Å². The molecule has 236 valence electrons. The molecule has 0 aliphatic heterocycles. The number of aliphatic imine (C=N–C) groups is 2. The molecule has 7 aromatic carbocycles. The Labute approximate surface area is 300 Å². The van der Waals surface area contributed by atoms with Gasteiger partial charge in [-0.05, 0) is 53.5 Å². The first kappa shape index (κ1) is 21.9. The molecule has 0 unspecified atom stereocenters. The molecule has 1 N–H and O–H groups in total. The number of hydrogen-bond donors (Lipinski definition) is 1. The molecule has 0 aliphatic rings. The van der Waals surface area contributed by atoms with Crippen LogP contribution in [-0.2, 0) is 0 Å². The van der Waals surface area contributed by atoms with Gasteiger partial charge in [0.2, 0.25) is 0 Å². The Balaban J connectivity index is 1.30. The van der Waals surface area contributed by atoms with E-state index in [-0.39, 0.29) is 33.5 Å². The standard InChI is InChI=1S/C45H31N5/c46-44(48-45(32-17-5-2-6-18-32)47-30-49-40-23-11-7-19-36(40)37-20-8-12-24-41(37)49)34-27-33(31-15-3-1-4-16-31)28-35(29-34)50-42-25-13-9-21-38(42)39-22-10-14-26-43(39)50/h1-30,46H/i9D,10D,13D,14D,21D,22D,25D,26D. The van der Waals surface area contributed by atoms with Crippen LogP contribution in [0.2, 0.25) is 0 Å². The van der Waals surface area contributed by atoms with Crippen LogP contribution in [0.25, 0.3) is 60.4 Å². The Morgan fingerprint density at radius 2 is 1.10 bits per heavy atom. The van der Waals surface area contributed by atoms with E-state index >= 15 is 0 Å². The van der Waals surface area contributed by atoms with Gasteiger partial charge in [0.15, 0.2) is 11.7 Å². The van der Waals surface area contributed by atoms with E-state index in [4.69, 9.17) is 21.0 Å². The minimum Gasteiger partial charge on any atom is -0.309 e. The quantitative estimate of drug-likeness (QED) is 0.142. The van der Waals surface area contributed by atoms with Gasteiger partial charge >= 0.3 is 0 Å². The van der Waals surface area contributed by atoms with Gasteiger partial charge in [-0.3, -0.25) is 9.98 Å². The van der Waals surface area contributed by atoms with Crippen molar-refractivity contribution >= 4 is 61.6 Å². The third-order valence-electron chi connectivity index (χ3n) is 8.75. The van der Waals surface area contributed by atoms with Gasteiger partial charge < -0.3 is 4.57 Å². The molecule has 0 radical (unpaired) electrons. The molecule has 0 fully saturated rings. The van der Waals surface area contributed by atoms with Crippen molar-refractivity contribution in [2.45, 2.75) is 0 Å². The Hall–Kier alpha value is -6.85. The molecule has 9 rings (SSSR count). The molecular formula is C45H31N5. The van der Waals surface area contributed by atoms with Crippen LogP contribution in [0.1, 0.15) is 22.1 Å². The Morgan fingerprint density at radius 3 is 1.74 bits per heavy atom. The fourth-order valence-electron chi connectivity index (χ4n) is 6.47. The monoisotopic (exact) mass is 649 g/mol. The fourth-order valence-corrected chi connectivity index (χ4v) is 6.47. The maximum atomic E-state index is 9.49. The van der Waals surface area contributed by atoms with Crippen molar-refractivity contribution in [1.29, 1.82) is 5.41 Å². The van der Waals surface area contributed by atoms with Crippen molar-refractivity contribution in [3.8, 4) is 16.8 Å². The smallest absolute Gasteiger partial charge is 0.163 e. The van der Waals surface area contributed by atoms with Gasteiger partial charge in [0.1, 0.15) is 6.34 Å². The average Bonchev–Trinajstić information content (AvgIpc) is 3.79. The minimum absolute atomic E-state index is 0.0139. The number of para-hydroxylation sites is 4. The lowest BCUT2D eigenvalue weighted by atomic mass is 10.0. The van der Waals surface area contributed by atoms with E-state index in [1.807, 2.05) is 102 Å². The lowest BCUT2D eigenvalue weighted by Gasteiger charge is -2.13. The van der Waals surface area contributed by atoms with Crippen molar-refractivity contribution in [2.24, 2.45) is 9.98 Å². The summed E-state index contributed by atoms with van der Waals surface area (Å²) >= 11 is 0. The second-order valence-electron chi connectivity index (χ2n) is 11.7. The molecule has 2 aromatic heterocycles. The molecule has 50 heavy (non-hydrogen) atoms.